The quantitative estimate of drug-likeness (QED) is 0.259. The predicted octanol–water partition coefficient (Wildman–Crippen LogP) is 8.40. The zero-order valence-corrected chi connectivity index (χ0v) is 20.0. The van der Waals surface area contributed by atoms with Crippen molar-refractivity contribution in [2.24, 2.45) is 0 Å². The van der Waals surface area contributed by atoms with E-state index in [1.807, 2.05) is 0 Å². The molecular formula is C24H26Cl2Zr. The van der Waals surface area contributed by atoms with E-state index in [2.05, 4.69) is 86.6 Å². The van der Waals surface area contributed by atoms with Gasteiger partial charge >= 0.3 is 37.9 Å². The average molecular weight is 477 g/mol. The second-order valence-electron chi connectivity index (χ2n) is 6.56. The second kappa shape index (κ2) is 12.6. The minimum atomic E-state index is -0.826. The van der Waals surface area contributed by atoms with Crippen molar-refractivity contribution < 1.29 is 20.8 Å². The summed E-state index contributed by atoms with van der Waals surface area (Å²) in [6.45, 7) is 4.44. The summed E-state index contributed by atoms with van der Waals surface area (Å²) in [6.07, 6.45) is 4.87. The molecule has 0 heterocycles. The second-order valence-corrected chi connectivity index (χ2v) is 10.3. The molecule has 0 nitrogen and oxygen atoms in total. The van der Waals surface area contributed by atoms with Gasteiger partial charge in [0.1, 0.15) is 0 Å². The minimum absolute atomic E-state index is 0.826. The Morgan fingerprint density at radius 2 is 1.07 bits per heavy atom. The molecule has 0 aliphatic carbocycles. The van der Waals surface area contributed by atoms with E-state index < -0.39 is 20.8 Å². The summed E-state index contributed by atoms with van der Waals surface area (Å²) in [5.41, 5.74) is 2.94. The predicted molar refractivity (Wildman–Crippen MR) is 119 cm³/mol. The summed E-state index contributed by atoms with van der Waals surface area (Å²) < 4.78 is 0. The van der Waals surface area contributed by atoms with E-state index >= 15 is 0 Å². The van der Waals surface area contributed by atoms with E-state index in [4.69, 9.17) is 17.0 Å². The zero-order valence-electron chi connectivity index (χ0n) is 16.0. The Morgan fingerprint density at radius 1 is 0.704 bits per heavy atom. The molecule has 0 saturated carbocycles. The third-order valence-corrected chi connectivity index (χ3v) is 4.43. The zero-order chi connectivity index (χ0) is 19.5. The summed E-state index contributed by atoms with van der Waals surface area (Å²) in [5.74, 6) is 0. The number of hydrogen-bond donors (Lipinski definition) is 0. The summed E-state index contributed by atoms with van der Waals surface area (Å²) in [6, 6.07) is 26.2. The van der Waals surface area contributed by atoms with Crippen molar-refractivity contribution >= 4 is 38.6 Å². The Bertz CT molecular complexity index is 778. The topological polar surface area (TPSA) is 0 Å². The molecule has 0 amide bonds. The molecule has 0 aromatic heterocycles. The fourth-order valence-corrected chi connectivity index (χ4v) is 3.30. The summed E-state index contributed by atoms with van der Waals surface area (Å²) in [7, 11) is 9.87. The molecule has 0 fully saturated rings. The third-order valence-electron chi connectivity index (χ3n) is 4.43. The molecule has 0 atom stereocenters. The van der Waals surface area contributed by atoms with Crippen molar-refractivity contribution in [3.05, 3.63) is 83.9 Å². The molecule has 4 aromatic carbocycles. The Kier molecular flexibility index (Phi) is 10.4. The van der Waals surface area contributed by atoms with Crippen molar-refractivity contribution in [1.29, 1.82) is 0 Å². The van der Waals surface area contributed by atoms with E-state index in [0.29, 0.717) is 0 Å². The van der Waals surface area contributed by atoms with Crippen molar-refractivity contribution in [2.45, 2.75) is 39.5 Å². The van der Waals surface area contributed by atoms with Crippen LogP contribution >= 0.6 is 17.0 Å². The Morgan fingerprint density at radius 3 is 1.41 bits per heavy atom. The SMILES string of the molecule is CCCc1cc2ccccc2[cH-]1.CCCc1cc2ccccc2[cH-]1.[Cl][Zr+2][Cl]. The van der Waals surface area contributed by atoms with Crippen LogP contribution in [0.2, 0.25) is 0 Å². The maximum atomic E-state index is 4.93. The van der Waals surface area contributed by atoms with Gasteiger partial charge in [0.2, 0.25) is 0 Å². The molecule has 0 aliphatic rings. The van der Waals surface area contributed by atoms with Gasteiger partial charge in [0.25, 0.3) is 0 Å². The number of halogens is 2. The number of hydrogen-bond acceptors (Lipinski definition) is 0. The van der Waals surface area contributed by atoms with Gasteiger partial charge in [-0.05, 0) is 12.8 Å². The van der Waals surface area contributed by atoms with Gasteiger partial charge in [-0.3, -0.25) is 0 Å². The molecule has 140 valence electrons. The summed E-state index contributed by atoms with van der Waals surface area (Å²) in [4.78, 5) is 0. The van der Waals surface area contributed by atoms with Gasteiger partial charge in [0, 0.05) is 0 Å². The summed E-state index contributed by atoms with van der Waals surface area (Å²) >= 11 is -0.826. The van der Waals surface area contributed by atoms with Gasteiger partial charge in [0.15, 0.2) is 0 Å². The van der Waals surface area contributed by atoms with Crippen LogP contribution in [0.1, 0.15) is 37.8 Å². The van der Waals surface area contributed by atoms with E-state index in [9.17, 15) is 0 Å². The maximum absolute atomic E-state index is 4.93. The Hall–Kier alpha value is -0.877. The van der Waals surface area contributed by atoms with Crippen LogP contribution in [0.15, 0.2) is 72.8 Å². The molecule has 0 unspecified atom stereocenters. The number of fused-ring (bicyclic) bond motifs is 2. The molecule has 0 N–H and O–H groups in total. The monoisotopic (exact) mass is 474 g/mol. The number of aryl methyl sites for hydroxylation is 2. The van der Waals surface area contributed by atoms with E-state index in [0.717, 1.165) is 0 Å². The van der Waals surface area contributed by atoms with Crippen molar-refractivity contribution in [3.63, 3.8) is 0 Å². The Balaban J connectivity index is 0.000000170. The van der Waals surface area contributed by atoms with E-state index in [1.54, 1.807) is 0 Å². The first-order valence-corrected chi connectivity index (χ1v) is 15.8. The molecule has 4 aromatic rings. The molecule has 3 heteroatoms. The first kappa shape index (κ1) is 22.4. The first-order valence-electron chi connectivity index (χ1n) is 9.46. The molecular weight excluding hydrogens is 450 g/mol. The molecule has 27 heavy (non-hydrogen) atoms. The Labute approximate surface area is 181 Å². The fraction of sp³-hybridized carbons (Fsp3) is 0.250. The van der Waals surface area contributed by atoms with Crippen LogP contribution in [0.4, 0.5) is 0 Å². The van der Waals surface area contributed by atoms with E-state index in [1.165, 1.54) is 58.4 Å². The van der Waals surface area contributed by atoms with Crippen molar-refractivity contribution in [1.82, 2.24) is 0 Å². The van der Waals surface area contributed by atoms with Crippen LogP contribution < -0.4 is 0 Å². The van der Waals surface area contributed by atoms with Gasteiger partial charge in [-0.2, -0.15) is 12.1 Å². The number of rotatable bonds is 4. The van der Waals surface area contributed by atoms with E-state index in [-0.39, 0.29) is 0 Å². The van der Waals surface area contributed by atoms with Crippen LogP contribution in [0, 0.1) is 0 Å². The molecule has 0 radical (unpaired) electrons. The van der Waals surface area contributed by atoms with Crippen LogP contribution in [0.3, 0.4) is 0 Å². The molecule has 0 aliphatic heterocycles. The fourth-order valence-electron chi connectivity index (χ4n) is 3.30. The standard InChI is InChI=1S/2C12H13.2ClH.Zr/c2*1-2-5-10-8-11-6-3-4-7-12(11)9-10;;;/h2*3-4,6-9H,2,5H2,1H3;2*1H;/q2*-1;;;+4/p-2. The molecule has 4 rings (SSSR count). The normalized spacial score (nSPS) is 9.93. The van der Waals surface area contributed by atoms with Crippen LogP contribution in [-0.4, -0.2) is 0 Å². The third kappa shape index (κ3) is 7.22. The molecule has 0 saturated heterocycles. The average Bonchev–Trinajstić information content (AvgIpc) is 3.26. The van der Waals surface area contributed by atoms with Crippen LogP contribution in [-0.2, 0) is 33.7 Å². The van der Waals surface area contributed by atoms with Gasteiger partial charge < -0.3 is 0 Å². The van der Waals surface area contributed by atoms with Crippen LogP contribution in [0.5, 0.6) is 0 Å². The van der Waals surface area contributed by atoms with Gasteiger partial charge in [-0.15, -0.1) is 81.2 Å². The van der Waals surface area contributed by atoms with Gasteiger partial charge in [0.05, 0.1) is 0 Å². The molecule has 0 spiro atoms. The number of benzene rings is 2. The first-order chi connectivity index (χ1) is 13.2. The molecule has 0 bridgehead atoms. The van der Waals surface area contributed by atoms with Crippen LogP contribution in [0.25, 0.3) is 21.5 Å². The van der Waals surface area contributed by atoms with Crippen molar-refractivity contribution in [3.8, 4) is 0 Å². The van der Waals surface area contributed by atoms with Crippen molar-refractivity contribution in [2.75, 3.05) is 0 Å². The summed E-state index contributed by atoms with van der Waals surface area (Å²) in [5, 5.41) is 5.50. The van der Waals surface area contributed by atoms with Gasteiger partial charge in [-0.25, -0.2) is 0 Å². The van der Waals surface area contributed by atoms with Gasteiger partial charge in [-0.1, -0.05) is 38.8 Å².